The van der Waals surface area contributed by atoms with Gasteiger partial charge in [-0.15, -0.1) is 0 Å². The number of amides is 2. The summed E-state index contributed by atoms with van der Waals surface area (Å²) in [5, 5.41) is 10.3. The normalized spacial score (nSPS) is 25.2. The van der Waals surface area contributed by atoms with Crippen molar-refractivity contribution in [3.05, 3.63) is 35.9 Å². The molecule has 1 N–H and O–H groups in total. The standard InChI is InChI=1S/C13H14N2O4/c16-12(17)11-6-10-7-14(11)13(18)15(10)19-8-9-4-2-1-3-5-9/h1-5,10-11H,6-8H2,(H,16,17). The number of carbonyl (C=O) groups is 2. The van der Waals surface area contributed by atoms with Gasteiger partial charge in [-0.25, -0.2) is 9.59 Å². The summed E-state index contributed by atoms with van der Waals surface area (Å²) in [7, 11) is 0. The molecule has 2 fully saturated rings. The summed E-state index contributed by atoms with van der Waals surface area (Å²) < 4.78 is 0. The zero-order chi connectivity index (χ0) is 13.4. The van der Waals surface area contributed by atoms with Gasteiger partial charge in [-0.1, -0.05) is 30.3 Å². The van der Waals surface area contributed by atoms with Gasteiger partial charge in [0.15, 0.2) is 0 Å². The summed E-state index contributed by atoms with van der Waals surface area (Å²) in [6.45, 7) is 0.749. The first-order chi connectivity index (χ1) is 9.16. The molecule has 0 aromatic heterocycles. The van der Waals surface area contributed by atoms with Crippen LogP contribution in [0.25, 0.3) is 0 Å². The Morgan fingerprint density at radius 1 is 1.37 bits per heavy atom. The maximum Gasteiger partial charge on any atom is 0.345 e. The van der Waals surface area contributed by atoms with Gasteiger partial charge in [-0.3, -0.25) is 4.84 Å². The second-order valence-electron chi connectivity index (χ2n) is 4.76. The highest BCUT2D eigenvalue weighted by molar-refractivity contribution is 5.85. The van der Waals surface area contributed by atoms with Crippen molar-refractivity contribution in [1.29, 1.82) is 0 Å². The summed E-state index contributed by atoms with van der Waals surface area (Å²) in [4.78, 5) is 29.8. The van der Waals surface area contributed by atoms with Gasteiger partial charge < -0.3 is 10.0 Å². The predicted molar refractivity (Wildman–Crippen MR) is 65.0 cm³/mol. The molecule has 3 rings (SSSR count). The molecule has 2 unspecified atom stereocenters. The molecule has 2 aliphatic rings. The first-order valence-corrected chi connectivity index (χ1v) is 6.16. The third-order valence-electron chi connectivity index (χ3n) is 3.54. The highest BCUT2D eigenvalue weighted by atomic mass is 16.7. The Balaban J connectivity index is 1.63. The van der Waals surface area contributed by atoms with Crippen LogP contribution in [0.2, 0.25) is 0 Å². The van der Waals surface area contributed by atoms with Gasteiger partial charge in [-0.2, -0.15) is 5.06 Å². The number of nitrogens with zero attached hydrogens (tertiary/aromatic N) is 2. The average molecular weight is 262 g/mol. The molecule has 2 heterocycles. The highest BCUT2D eigenvalue weighted by Crippen LogP contribution is 2.32. The van der Waals surface area contributed by atoms with Crippen LogP contribution in [0.15, 0.2) is 30.3 Å². The van der Waals surface area contributed by atoms with E-state index in [-0.39, 0.29) is 12.1 Å². The Morgan fingerprint density at radius 3 is 2.74 bits per heavy atom. The number of hydroxylamine groups is 2. The van der Waals surface area contributed by atoms with Crippen molar-refractivity contribution in [2.75, 3.05) is 6.54 Å². The third kappa shape index (κ3) is 2.04. The Kier molecular flexibility index (Phi) is 2.87. The number of urea groups is 1. The van der Waals surface area contributed by atoms with E-state index in [9.17, 15) is 9.59 Å². The first kappa shape index (κ1) is 12.0. The van der Waals surface area contributed by atoms with Crippen LogP contribution in [0.5, 0.6) is 0 Å². The van der Waals surface area contributed by atoms with Crippen LogP contribution < -0.4 is 0 Å². The number of carboxylic acid groups (broad SMARTS) is 1. The maximum atomic E-state index is 12.0. The smallest absolute Gasteiger partial charge is 0.345 e. The number of carbonyl (C=O) groups excluding carboxylic acids is 1. The van der Waals surface area contributed by atoms with Crippen molar-refractivity contribution in [2.45, 2.75) is 25.1 Å². The molecular formula is C13H14N2O4. The Hall–Kier alpha value is -2.08. The number of rotatable bonds is 4. The molecule has 0 spiro atoms. The Bertz CT molecular complexity index is 505. The van der Waals surface area contributed by atoms with Crippen LogP contribution in [0.3, 0.4) is 0 Å². The van der Waals surface area contributed by atoms with Crippen molar-refractivity contribution >= 4 is 12.0 Å². The van der Waals surface area contributed by atoms with E-state index in [1.807, 2.05) is 30.3 Å². The van der Waals surface area contributed by atoms with Gasteiger partial charge in [0.25, 0.3) is 0 Å². The summed E-state index contributed by atoms with van der Waals surface area (Å²) in [5.41, 5.74) is 0.975. The monoisotopic (exact) mass is 262 g/mol. The largest absolute Gasteiger partial charge is 0.480 e. The van der Waals surface area contributed by atoms with Crippen LogP contribution in [0, 0.1) is 0 Å². The minimum atomic E-state index is -0.946. The van der Waals surface area contributed by atoms with Crippen molar-refractivity contribution < 1.29 is 19.5 Å². The van der Waals surface area contributed by atoms with Crippen molar-refractivity contribution in [2.24, 2.45) is 0 Å². The highest BCUT2D eigenvalue weighted by Gasteiger charge is 2.52. The van der Waals surface area contributed by atoms with Gasteiger partial charge in [0.2, 0.25) is 0 Å². The maximum absolute atomic E-state index is 12.0. The lowest BCUT2D eigenvalue weighted by atomic mass is 10.1. The van der Waals surface area contributed by atoms with E-state index >= 15 is 0 Å². The fraction of sp³-hybridized carbons (Fsp3) is 0.385. The van der Waals surface area contributed by atoms with Gasteiger partial charge in [-0.05, 0) is 5.56 Å². The number of hydrogen-bond donors (Lipinski definition) is 1. The molecule has 2 bridgehead atoms. The molecule has 6 heteroatoms. The topological polar surface area (TPSA) is 70.1 Å². The molecule has 19 heavy (non-hydrogen) atoms. The average Bonchev–Trinajstić information content (AvgIpc) is 2.96. The lowest BCUT2D eigenvalue weighted by Crippen LogP contribution is -2.48. The van der Waals surface area contributed by atoms with E-state index < -0.39 is 12.0 Å². The molecule has 6 nitrogen and oxygen atoms in total. The SMILES string of the molecule is O=C(O)C1CC2CN1C(=O)N2OCc1ccccc1. The number of benzene rings is 1. The predicted octanol–water partition coefficient (Wildman–Crippen LogP) is 1.08. The van der Waals surface area contributed by atoms with Crippen molar-refractivity contribution in [3.63, 3.8) is 0 Å². The lowest BCUT2D eigenvalue weighted by molar-refractivity contribution is -0.156. The molecular weight excluding hydrogens is 248 g/mol. The quantitative estimate of drug-likeness (QED) is 0.881. The van der Waals surface area contributed by atoms with Crippen molar-refractivity contribution in [1.82, 2.24) is 9.96 Å². The summed E-state index contributed by atoms with van der Waals surface area (Å²) >= 11 is 0. The summed E-state index contributed by atoms with van der Waals surface area (Å²) in [6.07, 6.45) is 0.426. The zero-order valence-electron chi connectivity index (χ0n) is 10.2. The zero-order valence-corrected chi connectivity index (χ0v) is 10.2. The fourth-order valence-corrected chi connectivity index (χ4v) is 2.59. The number of fused-ring (bicyclic) bond motifs is 2. The first-order valence-electron chi connectivity index (χ1n) is 6.16. The fourth-order valence-electron chi connectivity index (χ4n) is 2.59. The van der Waals surface area contributed by atoms with E-state index in [0.29, 0.717) is 19.6 Å². The molecule has 100 valence electrons. The summed E-state index contributed by atoms with van der Waals surface area (Å²) in [5.74, 6) is -0.946. The van der Waals surface area contributed by atoms with Crippen molar-refractivity contribution in [3.8, 4) is 0 Å². The van der Waals surface area contributed by atoms with E-state index in [4.69, 9.17) is 9.94 Å². The summed E-state index contributed by atoms with van der Waals surface area (Å²) in [6, 6.07) is 8.35. The number of carboxylic acids is 1. The third-order valence-corrected chi connectivity index (χ3v) is 3.54. The van der Waals surface area contributed by atoms with Gasteiger partial charge in [0.05, 0.1) is 6.04 Å². The van der Waals surface area contributed by atoms with Gasteiger partial charge in [0.1, 0.15) is 12.6 Å². The van der Waals surface area contributed by atoms with E-state index in [1.165, 1.54) is 9.96 Å². The second kappa shape index (κ2) is 4.55. The molecule has 1 aromatic rings. The molecule has 2 aliphatic heterocycles. The van der Waals surface area contributed by atoms with E-state index in [0.717, 1.165) is 5.56 Å². The van der Waals surface area contributed by atoms with E-state index in [1.54, 1.807) is 0 Å². The van der Waals surface area contributed by atoms with Crippen LogP contribution in [0.4, 0.5) is 4.79 Å². The Labute approximate surface area is 110 Å². The molecule has 0 radical (unpaired) electrons. The minimum absolute atomic E-state index is 0.155. The van der Waals surface area contributed by atoms with Crippen LogP contribution in [-0.4, -0.2) is 45.7 Å². The minimum Gasteiger partial charge on any atom is -0.480 e. The Morgan fingerprint density at radius 2 is 2.11 bits per heavy atom. The molecule has 2 saturated heterocycles. The molecule has 2 amide bonds. The van der Waals surface area contributed by atoms with Crippen LogP contribution in [0.1, 0.15) is 12.0 Å². The van der Waals surface area contributed by atoms with Gasteiger partial charge in [0, 0.05) is 13.0 Å². The molecule has 1 aromatic carbocycles. The molecule has 0 aliphatic carbocycles. The van der Waals surface area contributed by atoms with Crippen LogP contribution in [-0.2, 0) is 16.2 Å². The van der Waals surface area contributed by atoms with Crippen LogP contribution >= 0.6 is 0 Å². The molecule has 2 atom stereocenters. The van der Waals surface area contributed by atoms with Gasteiger partial charge >= 0.3 is 12.0 Å². The molecule has 0 saturated carbocycles. The second-order valence-corrected chi connectivity index (χ2v) is 4.76. The number of aliphatic carboxylic acids is 1. The van der Waals surface area contributed by atoms with E-state index in [2.05, 4.69) is 0 Å². The lowest BCUT2D eigenvalue weighted by Gasteiger charge is -2.29. The number of hydrogen-bond acceptors (Lipinski definition) is 3.